The van der Waals surface area contributed by atoms with Crippen molar-refractivity contribution in [3.05, 3.63) is 60.3 Å². The lowest BCUT2D eigenvalue weighted by Gasteiger charge is -2.25. The van der Waals surface area contributed by atoms with Crippen molar-refractivity contribution < 1.29 is 18.9 Å². The van der Waals surface area contributed by atoms with E-state index < -0.39 is 5.79 Å². The molecule has 0 aliphatic carbocycles. The number of nitrogens with zero attached hydrogens (tertiary/aromatic N) is 4. The van der Waals surface area contributed by atoms with Gasteiger partial charge in [0.15, 0.2) is 12.0 Å². The molecule has 2 aliphatic heterocycles. The quantitative estimate of drug-likeness (QED) is 0.467. The molecule has 8 nitrogen and oxygen atoms in total. The Labute approximate surface area is 191 Å². The highest BCUT2D eigenvalue weighted by molar-refractivity contribution is 5.80. The summed E-state index contributed by atoms with van der Waals surface area (Å²) in [5.74, 6) is 0.0468. The molecule has 0 unspecified atom stereocenters. The average molecular weight is 447 g/mol. The minimum Gasteiger partial charge on any atom is -0.491 e. The Bertz CT molecular complexity index is 1350. The van der Waals surface area contributed by atoms with E-state index in [0.29, 0.717) is 6.61 Å². The Morgan fingerprint density at radius 2 is 1.85 bits per heavy atom. The van der Waals surface area contributed by atoms with Gasteiger partial charge in [0.1, 0.15) is 42.6 Å². The van der Waals surface area contributed by atoms with Gasteiger partial charge in [0.25, 0.3) is 0 Å². The lowest BCUT2D eigenvalue weighted by molar-refractivity contribution is -0.198. The Hall–Kier alpha value is -3.07. The summed E-state index contributed by atoms with van der Waals surface area (Å²) in [4.78, 5) is 13.4. The minimum atomic E-state index is -0.701. The highest BCUT2D eigenvalue weighted by Gasteiger charge is 2.56. The van der Waals surface area contributed by atoms with Crippen molar-refractivity contribution >= 4 is 21.9 Å². The molecule has 170 valence electrons. The van der Waals surface area contributed by atoms with Crippen molar-refractivity contribution in [1.29, 1.82) is 0 Å². The number of pyridine rings is 1. The van der Waals surface area contributed by atoms with E-state index in [1.807, 2.05) is 68.8 Å². The smallest absolute Gasteiger partial charge is 0.164 e. The molecule has 2 aliphatic rings. The Kier molecular flexibility index (Phi) is 4.65. The van der Waals surface area contributed by atoms with Crippen molar-refractivity contribution in [2.24, 2.45) is 0 Å². The molecule has 8 heteroatoms. The zero-order valence-corrected chi connectivity index (χ0v) is 19.1. The first kappa shape index (κ1) is 20.5. The molecule has 0 spiro atoms. The first-order chi connectivity index (χ1) is 15.9. The third-order valence-electron chi connectivity index (χ3n) is 6.32. The van der Waals surface area contributed by atoms with Crippen molar-refractivity contribution in [1.82, 2.24) is 19.5 Å². The Morgan fingerprint density at radius 1 is 1.03 bits per heavy atom. The molecular formula is C25H26N4O4. The molecule has 5 heterocycles. The van der Waals surface area contributed by atoms with E-state index in [4.69, 9.17) is 18.9 Å². The molecule has 4 aromatic rings. The lowest BCUT2D eigenvalue weighted by Crippen LogP contribution is -2.33. The van der Waals surface area contributed by atoms with Crippen LogP contribution in [0, 0.1) is 13.8 Å². The van der Waals surface area contributed by atoms with E-state index in [-0.39, 0.29) is 24.5 Å². The zero-order valence-electron chi connectivity index (χ0n) is 19.1. The number of benzene rings is 1. The molecule has 1 aromatic carbocycles. The summed E-state index contributed by atoms with van der Waals surface area (Å²) in [6, 6.07) is 12.0. The lowest BCUT2D eigenvalue weighted by atomic mass is 10.1. The Morgan fingerprint density at radius 3 is 2.73 bits per heavy atom. The molecule has 2 fully saturated rings. The Balaban J connectivity index is 1.27. The molecule has 3 aromatic heterocycles. The monoisotopic (exact) mass is 446 g/mol. The highest BCUT2D eigenvalue weighted by Crippen LogP contribution is 2.44. The van der Waals surface area contributed by atoms with Crippen LogP contribution in [0.15, 0.2) is 48.9 Å². The predicted molar refractivity (Wildman–Crippen MR) is 122 cm³/mol. The molecule has 33 heavy (non-hydrogen) atoms. The largest absolute Gasteiger partial charge is 0.491 e. The summed E-state index contributed by atoms with van der Waals surface area (Å²) in [5, 5.41) is 2.07. The SMILES string of the molecule is Cc1ccc2ccc(OC[C@H]3O[C@@H](n4ccc5c(C)ncnc54)[C@@H]4OC(C)(C)O[C@@H]43)cc2n1. The van der Waals surface area contributed by atoms with Crippen LogP contribution >= 0.6 is 0 Å². The van der Waals surface area contributed by atoms with Crippen molar-refractivity contribution in [2.45, 2.75) is 58.0 Å². The molecule has 4 atom stereocenters. The van der Waals surface area contributed by atoms with Gasteiger partial charge in [0.2, 0.25) is 0 Å². The van der Waals surface area contributed by atoms with Crippen LogP contribution in [-0.4, -0.2) is 50.2 Å². The van der Waals surface area contributed by atoms with E-state index in [0.717, 1.165) is 39.1 Å². The number of hydrogen-bond donors (Lipinski definition) is 0. The molecule has 0 saturated carbocycles. The van der Waals surface area contributed by atoms with Gasteiger partial charge >= 0.3 is 0 Å². The second-order valence-electron chi connectivity index (χ2n) is 9.17. The highest BCUT2D eigenvalue weighted by atomic mass is 16.8. The summed E-state index contributed by atoms with van der Waals surface area (Å²) < 4.78 is 27.1. The van der Waals surface area contributed by atoms with Gasteiger partial charge in [-0.15, -0.1) is 0 Å². The molecule has 0 bridgehead atoms. The molecule has 0 radical (unpaired) electrons. The van der Waals surface area contributed by atoms with E-state index >= 15 is 0 Å². The fourth-order valence-corrected chi connectivity index (χ4v) is 4.79. The minimum absolute atomic E-state index is 0.258. The second-order valence-corrected chi connectivity index (χ2v) is 9.17. The van der Waals surface area contributed by atoms with Crippen LogP contribution < -0.4 is 4.74 Å². The summed E-state index contributed by atoms with van der Waals surface area (Å²) >= 11 is 0. The van der Waals surface area contributed by atoms with Crippen LogP contribution in [0.5, 0.6) is 5.75 Å². The molecular weight excluding hydrogens is 420 g/mol. The van der Waals surface area contributed by atoms with Crippen molar-refractivity contribution in [3.63, 3.8) is 0 Å². The summed E-state index contributed by atoms with van der Waals surface area (Å²) in [5.41, 5.74) is 3.63. The summed E-state index contributed by atoms with van der Waals surface area (Å²) in [7, 11) is 0. The standard InChI is InChI=1S/C25H26N4O4/c1-14-5-6-16-7-8-17(11-19(16)28-14)30-12-20-21-22(33-25(3,4)32-21)24(31-20)29-10-9-18-15(2)26-13-27-23(18)29/h5-11,13,20-22,24H,12H2,1-4H3/t20-,21-,22-,24-/m1/s1. The zero-order chi connectivity index (χ0) is 22.7. The van der Waals surface area contributed by atoms with Gasteiger partial charge in [0, 0.05) is 28.7 Å². The topological polar surface area (TPSA) is 80.5 Å². The van der Waals surface area contributed by atoms with E-state index in [9.17, 15) is 0 Å². The van der Waals surface area contributed by atoms with Crippen molar-refractivity contribution in [2.75, 3.05) is 6.61 Å². The van der Waals surface area contributed by atoms with Gasteiger partial charge < -0.3 is 23.5 Å². The van der Waals surface area contributed by atoms with Crippen LogP contribution in [0.1, 0.15) is 31.5 Å². The number of hydrogen-bond acceptors (Lipinski definition) is 7. The van der Waals surface area contributed by atoms with Gasteiger partial charge in [-0.1, -0.05) is 6.07 Å². The van der Waals surface area contributed by atoms with Gasteiger partial charge in [-0.05, 0) is 52.0 Å². The molecule has 0 N–H and O–H groups in total. The summed E-state index contributed by atoms with van der Waals surface area (Å²) in [6.07, 6.45) is 2.34. The maximum atomic E-state index is 6.45. The maximum absolute atomic E-state index is 6.45. The number of rotatable bonds is 4. The first-order valence-electron chi connectivity index (χ1n) is 11.2. The van der Waals surface area contributed by atoms with Crippen LogP contribution in [0.2, 0.25) is 0 Å². The average Bonchev–Trinajstić information content (AvgIpc) is 3.43. The number of aryl methyl sites for hydroxylation is 2. The van der Waals surface area contributed by atoms with E-state index in [1.165, 1.54) is 0 Å². The van der Waals surface area contributed by atoms with Crippen LogP contribution in [0.3, 0.4) is 0 Å². The van der Waals surface area contributed by atoms with Crippen LogP contribution in [0.4, 0.5) is 0 Å². The fraction of sp³-hybridized carbons (Fsp3) is 0.400. The third kappa shape index (κ3) is 3.55. The van der Waals surface area contributed by atoms with Gasteiger partial charge in [0.05, 0.1) is 11.2 Å². The van der Waals surface area contributed by atoms with E-state index in [2.05, 4.69) is 21.0 Å². The second kappa shape index (κ2) is 7.48. The third-order valence-corrected chi connectivity index (χ3v) is 6.32. The fourth-order valence-electron chi connectivity index (χ4n) is 4.79. The van der Waals surface area contributed by atoms with Gasteiger partial charge in [-0.3, -0.25) is 4.98 Å². The van der Waals surface area contributed by atoms with Crippen LogP contribution in [-0.2, 0) is 14.2 Å². The number of ether oxygens (including phenoxy) is 4. The van der Waals surface area contributed by atoms with Gasteiger partial charge in [-0.2, -0.15) is 0 Å². The number of aromatic nitrogens is 4. The normalized spacial score (nSPS) is 26.2. The maximum Gasteiger partial charge on any atom is 0.164 e. The predicted octanol–water partition coefficient (Wildman–Crippen LogP) is 4.09. The van der Waals surface area contributed by atoms with Gasteiger partial charge in [-0.25, -0.2) is 9.97 Å². The first-order valence-corrected chi connectivity index (χ1v) is 11.2. The van der Waals surface area contributed by atoms with Crippen LogP contribution in [0.25, 0.3) is 21.9 Å². The number of fused-ring (bicyclic) bond motifs is 3. The summed E-state index contributed by atoms with van der Waals surface area (Å²) in [6.45, 7) is 8.15. The molecule has 6 rings (SSSR count). The molecule has 0 amide bonds. The van der Waals surface area contributed by atoms with Crippen molar-refractivity contribution in [3.8, 4) is 5.75 Å². The molecule has 2 saturated heterocycles. The van der Waals surface area contributed by atoms with E-state index in [1.54, 1.807) is 6.33 Å².